The van der Waals surface area contributed by atoms with Crippen LogP contribution in [0.5, 0.6) is 0 Å². The highest BCUT2D eigenvalue weighted by Crippen LogP contribution is 2.29. The smallest absolute Gasteiger partial charge is 0.251 e. The zero-order chi connectivity index (χ0) is 17.2. The van der Waals surface area contributed by atoms with Crippen LogP contribution in [0, 0.1) is 0 Å². The number of aromatic nitrogens is 1. The van der Waals surface area contributed by atoms with Crippen LogP contribution >= 0.6 is 0 Å². The number of hydrogen-bond donors (Lipinski definition) is 1. The van der Waals surface area contributed by atoms with Crippen LogP contribution in [0.4, 0.5) is 0 Å². The maximum atomic E-state index is 12.5. The second-order valence-electron chi connectivity index (χ2n) is 6.60. The van der Waals surface area contributed by atoms with Crippen LogP contribution in [0.2, 0.25) is 0 Å². The number of nitrogens with zero attached hydrogens (tertiary/aromatic N) is 2. The first-order valence-electron chi connectivity index (χ1n) is 8.65. The van der Waals surface area contributed by atoms with Gasteiger partial charge in [-0.25, -0.2) is 0 Å². The van der Waals surface area contributed by atoms with E-state index < -0.39 is 0 Å². The van der Waals surface area contributed by atoms with Crippen molar-refractivity contribution in [3.05, 3.63) is 54.1 Å². The van der Waals surface area contributed by atoms with Crippen LogP contribution in [-0.4, -0.2) is 42.1 Å². The van der Waals surface area contributed by atoms with Crippen molar-refractivity contribution >= 4 is 16.8 Å². The molecule has 1 fully saturated rings. The minimum absolute atomic E-state index is 0.0533. The Morgan fingerprint density at radius 1 is 1.28 bits per heavy atom. The van der Waals surface area contributed by atoms with Crippen molar-refractivity contribution in [2.45, 2.75) is 18.9 Å². The lowest BCUT2D eigenvalue weighted by Crippen LogP contribution is -2.38. The van der Waals surface area contributed by atoms with Crippen molar-refractivity contribution in [1.29, 1.82) is 0 Å². The van der Waals surface area contributed by atoms with Gasteiger partial charge in [0, 0.05) is 23.7 Å². The molecule has 4 rings (SSSR count). The number of benzene rings is 2. The zero-order valence-corrected chi connectivity index (χ0v) is 14.2. The Labute approximate surface area is 146 Å². The molecule has 2 aromatic carbocycles. The Hall–Kier alpha value is -2.66. The number of likely N-dealkylation sites (tertiary alicyclic amines) is 1. The van der Waals surface area contributed by atoms with Gasteiger partial charge in [0.2, 0.25) is 0 Å². The molecule has 0 aliphatic carbocycles. The molecule has 0 unspecified atom stereocenters. The summed E-state index contributed by atoms with van der Waals surface area (Å²) < 4.78 is 5.50. The van der Waals surface area contributed by atoms with Gasteiger partial charge in [0.15, 0.2) is 5.76 Å². The van der Waals surface area contributed by atoms with Gasteiger partial charge in [-0.3, -0.25) is 4.79 Å². The molecule has 1 saturated heterocycles. The number of rotatable bonds is 4. The van der Waals surface area contributed by atoms with Crippen molar-refractivity contribution in [2.24, 2.45) is 0 Å². The van der Waals surface area contributed by atoms with Gasteiger partial charge in [0.05, 0.1) is 5.39 Å². The number of likely N-dealkylation sites (N-methyl/N-ethyl adjacent to an activating group) is 1. The molecule has 1 aliphatic rings. The SMILES string of the molecule is CN1CCC[C@@H]1CNC(=O)c1ccc2noc(-c3ccccc3)c2c1. The van der Waals surface area contributed by atoms with Crippen LogP contribution in [0.25, 0.3) is 22.2 Å². The highest BCUT2D eigenvalue weighted by atomic mass is 16.5. The molecule has 1 aromatic heterocycles. The molecule has 3 aromatic rings. The Morgan fingerprint density at radius 2 is 2.12 bits per heavy atom. The van der Waals surface area contributed by atoms with Crippen molar-refractivity contribution in [1.82, 2.24) is 15.4 Å². The Morgan fingerprint density at radius 3 is 2.88 bits per heavy atom. The minimum atomic E-state index is -0.0533. The third-order valence-electron chi connectivity index (χ3n) is 4.94. The molecular weight excluding hydrogens is 314 g/mol. The summed E-state index contributed by atoms with van der Waals surface area (Å²) >= 11 is 0. The quantitative estimate of drug-likeness (QED) is 0.795. The Kier molecular flexibility index (Phi) is 4.24. The molecule has 0 radical (unpaired) electrons. The first-order chi connectivity index (χ1) is 12.2. The predicted octanol–water partition coefficient (Wildman–Crippen LogP) is 3.32. The molecule has 5 heteroatoms. The molecule has 128 valence electrons. The summed E-state index contributed by atoms with van der Waals surface area (Å²) in [7, 11) is 2.11. The summed E-state index contributed by atoms with van der Waals surface area (Å²) in [6, 6.07) is 15.8. The van der Waals surface area contributed by atoms with Gasteiger partial charge in [-0.05, 0) is 44.6 Å². The third kappa shape index (κ3) is 3.15. The zero-order valence-electron chi connectivity index (χ0n) is 14.2. The average molecular weight is 335 g/mol. The molecule has 1 aliphatic heterocycles. The van der Waals surface area contributed by atoms with Crippen LogP contribution < -0.4 is 5.32 Å². The lowest BCUT2D eigenvalue weighted by molar-refractivity contribution is 0.0944. The molecule has 1 N–H and O–H groups in total. The molecule has 1 atom stereocenters. The normalized spacial score (nSPS) is 17.9. The fourth-order valence-corrected chi connectivity index (χ4v) is 3.43. The topological polar surface area (TPSA) is 58.4 Å². The molecule has 0 bridgehead atoms. The lowest BCUT2D eigenvalue weighted by Gasteiger charge is -2.19. The van der Waals surface area contributed by atoms with Gasteiger partial charge in [0.1, 0.15) is 5.52 Å². The van der Waals surface area contributed by atoms with Crippen LogP contribution in [0.15, 0.2) is 53.1 Å². The van der Waals surface area contributed by atoms with E-state index in [9.17, 15) is 4.79 Å². The lowest BCUT2D eigenvalue weighted by atomic mass is 10.1. The highest BCUT2D eigenvalue weighted by molar-refractivity contribution is 6.00. The molecule has 25 heavy (non-hydrogen) atoms. The van der Waals surface area contributed by atoms with E-state index in [4.69, 9.17) is 4.52 Å². The molecule has 1 amide bonds. The monoisotopic (exact) mass is 335 g/mol. The average Bonchev–Trinajstić information content (AvgIpc) is 3.25. The van der Waals surface area contributed by atoms with E-state index in [1.165, 1.54) is 6.42 Å². The predicted molar refractivity (Wildman–Crippen MR) is 97.4 cm³/mol. The van der Waals surface area contributed by atoms with Crippen LogP contribution in [-0.2, 0) is 0 Å². The molecule has 2 heterocycles. The van der Waals surface area contributed by atoms with Gasteiger partial charge in [0.25, 0.3) is 5.91 Å². The Balaban J connectivity index is 1.57. The van der Waals surface area contributed by atoms with Gasteiger partial charge in [-0.2, -0.15) is 0 Å². The van der Waals surface area contributed by atoms with Gasteiger partial charge in [-0.15, -0.1) is 0 Å². The van der Waals surface area contributed by atoms with Crippen LogP contribution in [0.3, 0.4) is 0 Å². The van der Waals surface area contributed by atoms with Crippen LogP contribution in [0.1, 0.15) is 23.2 Å². The van der Waals surface area contributed by atoms with Gasteiger partial charge < -0.3 is 14.7 Å². The van der Waals surface area contributed by atoms with Gasteiger partial charge in [-0.1, -0.05) is 35.5 Å². The third-order valence-corrected chi connectivity index (χ3v) is 4.94. The maximum absolute atomic E-state index is 12.5. The molecule has 0 spiro atoms. The fraction of sp³-hybridized carbons (Fsp3) is 0.300. The highest BCUT2D eigenvalue weighted by Gasteiger charge is 2.21. The first kappa shape index (κ1) is 15.8. The summed E-state index contributed by atoms with van der Waals surface area (Å²) in [5.74, 6) is 0.642. The number of nitrogens with one attached hydrogen (secondary N) is 1. The first-order valence-corrected chi connectivity index (χ1v) is 8.65. The number of amides is 1. The summed E-state index contributed by atoms with van der Waals surface area (Å²) in [6.07, 6.45) is 2.34. The fourth-order valence-electron chi connectivity index (χ4n) is 3.43. The molecular formula is C20H21N3O2. The van der Waals surface area contributed by atoms with Crippen molar-refractivity contribution in [2.75, 3.05) is 20.1 Å². The number of hydrogen-bond acceptors (Lipinski definition) is 4. The van der Waals surface area contributed by atoms with Crippen molar-refractivity contribution < 1.29 is 9.32 Å². The molecule has 0 saturated carbocycles. The van der Waals surface area contributed by atoms with E-state index in [0.717, 1.165) is 29.4 Å². The number of fused-ring (bicyclic) bond motifs is 1. The summed E-state index contributed by atoms with van der Waals surface area (Å²) in [6.45, 7) is 1.79. The van der Waals surface area contributed by atoms with Gasteiger partial charge >= 0.3 is 0 Å². The second kappa shape index (κ2) is 6.69. The maximum Gasteiger partial charge on any atom is 0.251 e. The van der Waals surface area contributed by atoms with E-state index in [2.05, 4.69) is 22.4 Å². The van der Waals surface area contributed by atoms with E-state index in [0.29, 0.717) is 23.9 Å². The standard InChI is InChI=1S/C20H21N3O2/c1-23-11-5-8-16(23)13-21-20(24)15-9-10-18-17(12-15)19(25-22-18)14-6-3-2-4-7-14/h2-4,6-7,9-10,12,16H,5,8,11,13H2,1H3,(H,21,24)/t16-/m1/s1. The summed E-state index contributed by atoms with van der Waals surface area (Å²) in [5.41, 5.74) is 2.34. The number of carbonyl (C=O) groups excluding carboxylic acids is 1. The van der Waals surface area contributed by atoms with E-state index in [1.807, 2.05) is 42.5 Å². The number of carbonyl (C=O) groups is 1. The minimum Gasteiger partial charge on any atom is -0.355 e. The van der Waals surface area contributed by atoms with E-state index in [-0.39, 0.29) is 5.91 Å². The second-order valence-corrected chi connectivity index (χ2v) is 6.60. The largest absolute Gasteiger partial charge is 0.355 e. The Bertz CT molecular complexity index is 888. The van der Waals surface area contributed by atoms with E-state index >= 15 is 0 Å². The molecule has 5 nitrogen and oxygen atoms in total. The van der Waals surface area contributed by atoms with Crippen molar-refractivity contribution in [3.8, 4) is 11.3 Å². The van der Waals surface area contributed by atoms with Crippen molar-refractivity contribution in [3.63, 3.8) is 0 Å². The van der Waals surface area contributed by atoms with E-state index in [1.54, 1.807) is 6.07 Å². The summed E-state index contributed by atoms with van der Waals surface area (Å²) in [4.78, 5) is 14.8. The summed E-state index contributed by atoms with van der Waals surface area (Å²) in [5, 5.41) is 8.02.